The number of carbonyl (C=O) groups excluding carboxylic acids is 2. The van der Waals surface area contributed by atoms with E-state index in [2.05, 4.69) is 10.4 Å². The molecule has 2 aromatic heterocycles. The maximum absolute atomic E-state index is 13.1. The summed E-state index contributed by atoms with van der Waals surface area (Å²) in [6, 6.07) is 18.8. The van der Waals surface area contributed by atoms with Gasteiger partial charge in [0.2, 0.25) is 5.95 Å². The Hall–Kier alpha value is -4.28. The first-order chi connectivity index (χ1) is 19.4. The maximum Gasteiger partial charge on any atom is 0.254 e. The van der Waals surface area contributed by atoms with Crippen molar-refractivity contribution < 1.29 is 19.1 Å². The molecular weight excluding hydrogens is 508 g/mol. The van der Waals surface area contributed by atoms with Crippen LogP contribution in [0.1, 0.15) is 34.6 Å². The Morgan fingerprint density at radius 3 is 2.15 bits per heavy atom. The Bertz CT molecular complexity index is 1500. The third kappa shape index (κ3) is 5.41. The van der Waals surface area contributed by atoms with Crippen LogP contribution in [0.15, 0.2) is 66.9 Å². The van der Waals surface area contributed by atoms with Gasteiger partial charge in [-0.25, -0.2) is 4.52 Å². The first-order valence-electron chi connectivity index (χ1n) is 13.6. The van der Waals surface area contributed by atoms with Crippen LogP contribution in [-0.4, -0.2) is 87.8 Å². The summed E-state index contributed by atoms with van der Waals surface area (Å²) in [5.74, 6) is 0.465. The largest absolute Gasteiger partial charge is 0.378 e. The molecule has 10 heteroatoms. The molecule has 2 saturated heterocycles. The molecule has 6 rings (SSSR count). The Balaban J connectivity index is 1.17. The molecule has 2 atom stereocenters. The molecule has 4 heterocycles. The molecule has 2 aliphatic rings. The highest BCUT2D eigenvalue weighted by atomic mass is 16.5. The molecule has 2 fully saturated rings. The van der Waals surface area contributed by atoms with Crippen molar-refractivity contribution in [2.75, 3.05) is 44.7 Å². The lowest BCUT2D eigenvalue weighted by molar-refractivity contribution is -0.0586. The van der Waals surface area contributed by atoms with Crippen LogP contribution in [-0.2, 0) is 9.47 Å². The summed E-state index contributed by atoms with van der Waals surface area (Å²) in [4.78, 5) is 34.2. The van der Waals surface area contributed by atoms with E-state index in [0.29, 0.717) is 62.1 Å². The van der Waals surface area contributed by atoms with E-state index in [-0.39, 0.29) is 24.0 Å². The zero-order chi connectivity index (χ0) is 27.6. The van der Waals surface area contributed by atoms with Gasteiger partial charge >= 0.3 is 0 Å². The summed E-state index contributed by atoms with van der Waals surface area (Å²) in [5, 5.41) is 7.82. The number of anilines is 2. The number of ether oxygens (including phenoxy) is 2. The number of hydrogen-bond acceptors (Lipinski definition) is 7. The minimum absolute atomic E-state index is 0.00660. The molecule has 2 unspecified atom stereocenters. The average molecular weight is 541 g/mol. The van der Waals surface area contributed by atoms with E-state index < -0.39 is 0 Å². The number of benzene rings is 2. The maximum atomic E-state index is 13.1. The molecule has 2 amide bonds. The van der Waals surface area contributed by atoms with E-state index >= 15 is 0 Å². The zero-order valence-corrected chi connectivity index (χ0v) is 22.6. The van der Waals surface area contributed by atoms with Gasteiger partial charge in [-0.05, 0) is 67.9 Å². The monoisotopic (exact) mass is 540 g/mol. The number of fused-ring (bicyclic) bond motifs is 1. The van der Waals surface area contributed by atoms with Crippen molar-refractivity contribution in [2.24, 2.45) is 0 Å². The second-order valence-electron chi connectivity index (χ2n) is 10.3. The highest BCUT2D eigenvalue weighted by Crippen LogP contribution is 2.26. The van der Waals surface area contributed by atoms with Crippen LogP contribution in [0.3, 0.4) is 0 Å². The van der Waals surface area contributed by atoms with Gasteiger partial charge in [-0.1, -0.05) is 12.1 Å². The molecule has 10 nitrogen and oxygen atoms in total. The minimum atomic E-state index is 0.00660. The predicted octanol–water partition coefficient (Wildman–Crippen LogP) is 3.86. The molecule has 0 radical (unpaired) electrons. The summed E-state index contributed by atoms with van der Waals surface area (Å²) < 4.78 is 12.8. The van der Waals surface area contributed by atoms with Crippen LogP contribution in [0.2, 0.25) is 0 Å². The normalized spacial score (nSPS) is 19.6. The van der Waals surface area contributed by atoms with Crippen molar-refractivity contribution in [3.8, 4) is 11.1 Å². The molecule has 206 valence electrons. The topological polar surface area (TPSA) is 101 Å². The smallest absolute Gasteiger partial charge is 0.254 e. The van der Waals surface area contributed by atoms with Gasteiger partial charge in [0.1, 0.15) is 0 Å². The quantitative estimate of drug-likeness (QED) is 0.410. The SMILES string of the molecule is CC1CN(C(=O)c2ccc(-c3cccn4nc(Nc5ccc(C(=O)N6CCOCC6)cc5)nc34)cc2)CC(C)O1. The highest BCUT2D eigenvalue weighted by molar-refractivity contribution is 5.95. The Morgan fingerprint density at radius 2 is 1.48 bits per heavy atom. The summed E-state index contributed by atoms with van der Waals surface area (Å²) in [7, 11) is 0. The fourth-order valence-electron chi connectivity index (χ4n) is 5.28. The van der Waals surface area contributed by atoms with E-state index in [9.17, 15) is 9.59 Å². The van der Waals surface area contributed by atoms with Crippen LogP contribution in [0.25, 0.3) is 16.8 Å². The second-order valence-corrected chi connectivity index (χ2v) is 10.3. The molecule has 2 aromatic carbocycles. The Kier molecular flexibility index (Phi) is 7.19. The highest BCUT2D eigenvalue weighted by Gasteiger charge is 2.26. The van der Waals surface area contributed by atoms with Crippen molar-refractivity contribution in [3.05, 3.63) is 78.0 Å². The van der Waals surface area contributed by atoms with Crippen molar-refractivity contribution in [2.45, 2.75) is 26.1 Å². The summed E-state index contributed by atoms with van der Waals surface area (Å²) in [6.07, 6.45) is 1.89. The lowest BCUT2D eigenvalue weighted by atomic mass is 10.0. The zero-order valence-electron chi connectivity index (χ0n) is 22.6. The standard InChI is InChI=1S/C30H32N6O4/c1-20-18-35(19-21(2)40-20)29(38)23-7-5-22(6-8-23)26-4-3-13-36-27(26)32-30(33-36)31-25-11-9-24(10-12-25)28(37)34-14-16-39-17-15-34/h3-13,20-21H,14-19H2,1-2H3,(H,31,33). The summed E-state index contributed by atoms with van der Waals surface area (Å²) >= 11 is 0. The number of amides is 2. The van der Waals surface area contributed by atoms with Crippen molar-refractivity contribution in [3.63, 3.8) is 0 Å². The van der Waals surface area contributed by atoms with Crippen molar-refractivity contribution in [1.82, 2.24) is 24.4 Å². The molecule has 2 aliphatic heterocycles. The molecular formula is C30H32N6O4. The number of rotatable bonds is 5. The number of nitrogens with zero attached hydrogens (tertiary/aromatic N) is 5. The van der Waals surface area contributed by atoms with Crippen molar-refractivity contribution >= 4 is 29.1 Å². The van der Waals surface area contributed by atoms with Gasteiger partial charge in [0, 0.05) is 54.8 Å². The lowest BCUT2D eigenvalue weighted by Crippen LogP contribution is -2.48. The van der Waals surface area contributed by atoms with E-state index in [0.717, 1.165) is 16.8 Å². The van der Waals surface area contributed by atoms with Gasteiger partial charge in [-0.3, -0.25) is 9.59 Å². The fourth-order valence-corrected chi connectivity index (χ4v) is 5.28. The fraction of sp³-hybridized carbons (Fsp3) is 0.333. The van der Waals surface area contributed by atoms with Gasteiger partial charge in [0.25, 0.3) is 11.8 Å². The van der Waals surface area contributed by atoms with Gasteiger partial charge in [0.05, 0.1) is 25.4 Å². The number of hydrogen-bond donors (Lipinski definition) is 1. The molecule has 4 aromatic rings. The van der Waals surface area contributed by atoms with E-state index in [4.69, 9.17) is 14.5 Å². The lowest BCUT2D eigenvalue weighted by Gasteiger charge is -2.35. The summed E-state index contributed by atoms with van der Waals surface area (Å²) in [5.41, 5.74) is 4.61. The predicted molar refractivity (Wildman–Crippen MR) is 151 cm³/mol. The first kappa shape index (κ1) is 26.0. The third-order valence-corrected chi connectivity index (χ3v) is 7.20. The summed E-state index contributed by atoms with van der Waals surface area (Å²) in [6.45, 7) is 7.52. The van der Waals surface area contributed by atoms with E-state index in [1.807, 2.05) is 90.5 Å². The van der Waals surface area contributed by atoms with E-state index in [1.54, 1.807) is 4.52 Å². The van der Waals surface area contributed by atoms with Crippen LogP contribution in [0.5, 0.6) is 0 Å². The van der Waals surface area contributed by atoms with Crippen LogP contribution >= 0.6 is 0 Å². The van der Waals surface area contributed by atoms with Crippen LogP contribution in [0, 0.1) is 0 Å². The van der Waals surface area contributed by atoms with E-state index in [1.165, 1.54) is 0 Å². The van der Waals surface area contributed by atoms with Crippen LogP contribution < -0.4 is 5.32 Å². The molecule has 40 heavy (non-hydrogen) atoms. The molecule has 0 bridgehead atoms. The Morgan fingerprint density at radius 1 is 0.850 bits per heavy atom. The van der Waals surface area contributed by atoms with Crippen LogP contribution in [0.4, 0.5) is 11.6 Å². The third-order valence-electron chi connectivity index (χ3n) is 7.20. The number of morpholine rings is 2. The average Bonchev–Trinajstić information content (AvgIpc) is 3.39. The minimum Gasteiger partial charge on any atom is -0.378 e. The number of carbonyl (C=O) groups is 2. The number of aromatic nitrogens is 3. The molecule has 0 aliphatic carbocycles. The number of pyridine rings is 1. The van der Waals surface area contributed by atoms with Gasteiger partial charge < -0.3 is 24.6 Å². The van der Waals surface area contributed by atoms with Gasteiger partial charge in [-0.15, -0.1) is 5.10 Å². The molecule has 1 N–H and O–H groups in total. The molecule has 0 spiro atoms. The second kappa shape index (κ2) is 11.1. The van der Waals surface area contributed by atoms with Crippen molar-refractivity contribution in [1.29, 1.82) is 0 Å². The Labute approximate surface area is 232 Å². The van der Waals surface area contributed by atoms with Gasteiger partial charge in [-0.2, -0.15) is 4.98 Å². The van der Waals surface area contributed by atoms with Gasteiger partial charge in [0.15, 0.2) is 5.65 Å². The first-order valence-corrected chi connectivity index (χ1v) is 13.6. The number of nitrogens with one attached hydrogen (secondary N) is 1. The molecule has 0 saturated carbocycles.